The highest BCUT2D eigenvalue weighted by Gasteiger charge is 2.49. The van der Waals surface area contributed by atoms with Gasteiger partial charge in [0, 0.05) is 32.0 Å². The first-order chi connectivity index (χ1) is 17.5. The summed E-state index contributed by atoms with van der Waals surface area (Å²) in [6, 6.07) is 8.42. The van der Waals surface area contributed by atoms with Crippen LogP contribution in [0.15, 0.2) is 23.3 Å². The summed E-state index contributed by atoms with van der Waals surface area (Å²) in [6.07, 6.45) is 11.3. The number of likely N-dealkylation sites (tertiary alicyclic amines) is 1. The van der Waals surface area contributed by atoms with Gasteiger partial charge in [0.05, 0.1) is 35.0 Å². The van der Waals surface area contributed by atoms with Crippen LogP contribution in [0.5, 0.6) is 0 Å². The van der Waals surface area contributed by atoms with E-state index >= 15 is 0 Å². The molecule has 2 aliphatic carbocycles. The van der Waals surface area contributed by atoms with E-state index in [-0.39, 0.29) is 17.9 Å². The Morgan fingerprint density at radius 1 is 1.19 bits per heavy atom. The summed E-state index contributed by atoms with van der Waals surface area (Å²) >= 11 is 6.39. The summed E-state index contributed by atoms with van der Waals surface area (Å²) in [4.78, 5) is 15.1. The first-order valence-corrected chi connectivity index (χ1v) is 14.1. The van der Waals surface area contributed by atoms with Gasteiger partial charge in [-0.2, -0.15) is 10.4 Å². The van der Waals surface area contributed by atoms with Crippen molar-refractivity contribution in [2.45, 2.75) is 76.3 Å². The number of piperidine rings is 1. The third-order valence-corrected chi connectivity index (χ3v) is 9.72. The molecule has 1 aromatic carbocycles. The Labute approximate surface area is 218 Å². The van der Waals surface area contributed by atoms with Gasteiger partial charge in [0.2, 0.25) is 5.91 Å². The lowest BCUT2D eigenvalue weighted by Crippen LogP contribution is -2.53. The number of hydrogen-bond donors (Lipinski definition) is 1. The van der Waals surface area contributed by atoms with E-state index in [1.807, 2.05) is 18.2 Å². The molecule has 0 aromatic heterocycles. The molecule has 4 fully saturated rings. The summed E-state index contributed by atoms with van der Waals surface area (Å²) in [5, 5.41) is 20.3. The molecule has 3 aliphatic heterocycles. The quantitative estimate of drug-likeness (QED) is 0.636. The van der Waals surface area contributed by atoms with Gasteiger partial charge in [-0.25, -0.2) is 0 Å². The van der Waals surface area contributed by atoms with Crippen LogP contribution in [0.2, 0.25) is 5.02 Å². The first-order valence-electron chi connectivity index (χ1n) is 13.7. The smallest absolute Gasteiger partial charge is 0.223 e. The molecular formula is C28H36ClN5O2. The second-order valence-electron chi connectivity index (χ2n) is 11.6. The van der Waals surface area contributed by atoms with Crippen molar-refractivity contribution in [2.24, 2.45) is 22.4 Å². The Kier molecular flexibility index (Phi) is 6.60. The van der Waals surface area contributed by atoms with Gasteiger partial charge in [0.1, 0.15) is 11.9 Å². The number of nitrogens with one attached hydrogen (secondary N) is 1. The molecule has 1 N–H and O–H groups in total. The van der Waals surface area contributed by atoms with E-state index in [1.165, 1.54) is 31.5 Å². The number of amidine groups is 1. The zero-order chi connectivity index (χ0) is 24.7. The number of halogens is 1. The van der Waals surface area contributed by atoms with E-state index in [0.29, 0.717) is 34.6 Å². The number of amides is 1. The zero-order valence-electron chi connectivity index (χ0n) is 20.9. The zero-order valence-corrected chi connectivity index (χ0v) is 21.7. The molecule has 6 rings (SSSR count). The Morgan fingerprint density at radius 2 is 1.97 bits per heavy atom. The lowest BCUT2D eigenvalue weighted by Gasteiger charge is -2.52. The molecule has 5 aliphatic rings. The molecule has 0 radical (unpaired) electrons. The number of anilines is 1. The van der Waals surface area contributed by atoms with E-state index in [2.05, 4.69) is 21.3 Å². The van der Waals surface area contributed by atoms with Gasteiger partial charge in [-0.05, 0) is 74.5 Å². The molecule has 7 nitrogen and oxygen atoms in total. The fourth-order valence-electron chi connectivity index (χ4n) is 7.19. The third-order valence-electron chi connectivity index (χ3n) is 9.41. The monoisotopic (exact) mass is 509 g/mol. The number of ether oxygens (including phenoxy) is 1. The molecule has 3 heterocycles. The van der Waals surface area contributed by atoms with Gasteiger partial charge in [0.15, 0.2) is 0 Å². The van der Waals surface area contributed by atoms with Gasteiger partial charge >= 0.3 is 0 Å². The Bertz CT molecular complexity index is 1060. The van der Waals surface area contributed by atoms with Gasteiger partial charge in [-0.3, -0.25) is 9.80 Å². The molecule has 192 valence electrons. The molecular weight excluding hydrogens is 474 g/mol. The van der Waals surface area contributed by atoms with E-state index in [1.54, 1.807) is 0 Å². The highest BCUT2D eigenvalue weighted by atomic mass is 35.5. The van der Waals surface area contributed by atoms with E-state index in [9.17, 15) is 10.1 Å². The number of carbonyl (C=O) groups excluding carboxylic acids is 1. The third kappa shape index (κ3) is 4.59. The maximum absolute atomic E-state index is 12.6. The van der Waals surface area contributed by atoms with Crippen LogP contribution in [0.4, 0.5) is 5.69 Å². The summed E-state index contributed by atoms with van der Waals surface area (Å²) in [6.45, 7) is 3.46. The summed E-state index contributed by atoms with van der Waals surface area (Å²) in [5.41, 5.74) is 1.82. The average Bonchev–Trinajstić information content (AvgIpc) is 3.64. The number of hydrogen-bond acceptors (Lipinski definition) is 6. The predicted molar refractivity (Wildman–Crippen MR) is 140 cm³/mol. The van der Waals surface area contributed by atoms with Crippen LogP contribution >= 0.6 is 11.6 Å². The van der Waals surface area contributed by atoms with E-state index in [4.69, 9.17) is 21.4 Å². The van der Waals surface area contributed by atoms with Crippen molar-refractivity contribution in [3.8, 4) is 6.07 Å². The van der Waals surface area contributed by atoms with Crippen molar-refractivity contribution < 1.29 is 9.53 Å². The molecule has 36 heavy (non-hydrogen) atoms. The SMILES string of the molecule is N#Cc1ccc(N2N=C(N3CCC4(CC3)CC(C(=O)N[C@H]3CCOC3)C4)CC2C2CCCC2)cc1Cl. The van der Waals surface area contributed by atoms with Crippen LogP contribution in [0.3, 0.4) is 0 Å². The number of rotatable bonds is 4. The minimum absolute atomic E-state index is 0.171. The Morgan fingerprint density at radius 3 is 2.64 bits per heavy atom. The van der Waals surface area contributed by atoms with Gasteiger partial charge in [0.25, 0.3) is 0 Å². The van der Waals surface area contributed by atoms with Crippen LogP contribution in [0.1, 0.15) is 69.8 Å². The predicted octanol–water partition coefficient (Wildman–Crippen LogP) is 4.69. The van der Waals surface area contributed by atoms with Crippen molar-refractivity contribution in [3.63, 3.8) is 0 Å². The minimum Gasteiger partial charge on any atom is -0.379 e. The normalized spacial score (nSPS) is 28.3. The molecule has 1 amide bonds. The number of nitriles is 1. The van der Waals surface area contributed by atoms with Gasteiger partial charge < -0.3 is 15.0 Å². The standard InChI is InChI=1S/C28H36ClN5O2/c29-24-13-23(6-5-20(24)17-30)34-25(19-3-1-2-4-19)14-26(32-34)33-10-8-28(9-11-33)15-21(16-28)27(35)31-22-7-12-36-18-22/h5-6,13,19,21-22,25H,1-4,7-12,14-16,18H2,(H,31,35)/t22-,25?/m0/s1. The summed E-state index contributed by atoms with van der Waals surface area (Å²) in [5.74, 6) is 2.24. The molecule has 2 saturated heterocycles. The average molecular weight is 510 g/mol. The second kappa shape index (κ2) is 9.87. The van der Waals surface area contributed by atoms with E-state index < -0.39 is 0 Å². The number of nitrogens with zero attached hydrogens (tertiary/aromatic N) is 4. The number of hydrazone groups is 1. The first kappa shape index (κ1) is 24.1. The van der Waals surface area contributed by atoms with Crippen molar-refractivity contribution in [3.05, 3.63) is 28.8 Å². The highest BCUT2D eigenvalue weighted by Crippen LogP contribution is 2.53. The van der Waals surface area contributed by atoms with Crippen LogP contribution in [-0.2, 0) is 9.53 Å². The van der Waals surface area contributed by atoms with Gasteiger partial charge in [-0.1, -0.05) is 24.4 Å². The lowest BCUT2D eigenvalue weighted by atomic mass is 9.57. The minimum atomic E-state index is 0.171. The largest absolute Gasteiger partial charge is 0.379 e. The number of carbonyl (C=O) groups is 1. The van der Waals surface area contributed by atoms with Crippen LogP contribution < -0.4 is 10.3 Å². The maximum Gasteiger partial charge on any atom is 0.223 e. The van der Waals surface area contributed by atoms with Gasteiger partial charge in [-0.15, -0.1) is 0 Å². The maximum atomic E-state index is 12.6. The van der Waals surface area contributed by atoms with Crippen molar-refractivity contribution >= 4 is 29.0 Å². The second-order valence-corrected chi connectivity index (χ2v) is 12.0. The molecule has 1 spiro atoms. The van der Waals surface area contributed by atoms with Crippen LogP contribution in [0, 0.1) is 28.6 Å². The summed E-state index contributed by atoms with van der Waals surface area (Å²) < 4.78 is 5.40. The Balaban J connectivity index is 1.09. The molecule has 1 unspecified atom stereocenters. The van der Waals surface area contributed by atoms with Crippen LogP contribution in [0.25, 0.3) is 0 Å². The fourth-order valence-corrected chi connectivity index (χ4v) is 7.40. The molecule has 8 heteroatoms. The Hall–Kier alpha value is -2.30. The van der Waals surface area contributed by atoms with Crippen molar-refractivity contribution in [1.82, 2.24) is 10.2 Å². The molecule has 1 aromatic rings. The summed E-state index contributed by atoms with van der Waals surface area (Å²) in [7, 11) is 0. The molecule has 0 bridgehead atoms. The number of benzene rings is 1. The van der Waals surface area contributed by atoms with Crippen molar-refractivity contribution in [2.75, 3.05) is 31.3 Å². The van der Waals surface area contributed by atoms with E-state index in [0.717, 1.165) is 63.9 Å². The fraction of sp³-hybridized carbons (Fsp3) is 0.679. The molecule has 2 saturated carbocycles. The lowest BCUT2D eigenvalue weighted by molar-refractivity contribution is -0.135. The van der Waals surface area contributed by atoms with Crippen molar-refractivity contribution in [1.29, 1.82) is 5.26 Å². The highest BCUT2D eigenvalue weighted by molar-refractivity contribution is 6.32. The van der Waals surface area contributed by atoms with Crippen LogP contribution in [-0.4, -0.2) is 55.0 Å². The molecule has 2 atom stereocenters. The topological polar surface area (TPSA) is 81.0 Å².